The lowest BCUT2D eigenvalue weighted by molar-refractivity contribution is 0.206. The van der Waals surface area contributed by atoms with Crippen LogP contribution in [0.5, 0.6) is 0 Å². The molecule has 2 amide bonds. The van der Waals surface area contributed by atoms with E-state index in [0.717, 1.165) is 12.8 Å². The average molecular weight is 316 g/mol. The summed E-state index contributed by atoms with van der Waals surface area (Å²) < 4.78 is 27.6. The Morgan fingerprint density at radius 2 is 1.96 bits per heavy atom. The normalized spacial score (nSPS) is 17.3. The molecule has 1 aliphatic rings. The Bertz CT molecular complexity index is 733. The number of carbonyl (C=O) groups is 1. The van der Waals surface area contributed by atoms with Gasteiger partial charge in [-0.05, 0) is 43.5 Å². The van der Waals surface area contributed by atoms with Crippen molar-refractivity contribution in [1.82, 2.24) is 4.90 Å². The molecular formula is C18H18F2N2O. The lowest BCUT2D eigenvalue weighted by Gasteiger charge is -2.25. The van der Waals surface area contributed by atoms with Gasteiger partial charge in [-0.25, -0.2) is 13.6 Å². The zero-order valence-corrected chi connectivity index (χ0v) is 12.9. The first-order chi connectivity index (χ1) is 11.1. The predicted octanol–water partition coefficient (Wildman–Crippen LogP) is 4.64. The molecule has 3 rings (SSSR count). The number of hydrogen-bond acceptors (Lipinski definition) is 1. The van der Waals surface area contributed by atoms with E-state index in [9.17, 15) is 13.6 Å². The molecule has 0 aliphatic carbocycles. The lowest BCUT2D eigenvalue weighted by atomic mass is 10.0. The number of aryl methyl sites for hydroxylation is 1. The summed E-state index contributed by atoms with van der Waals surface area (Å²) in [4.78, 5) is 14.1. The Morgan fingerprint density at radius 3 is 2.70 bits per heavy atom. The molecule has 0 radical (unpaired) electrons. The fraction of sp³-hybridized carbons (Fsp3) is 0.278. The second kappa shape index (κ2) is 6.36. The highest BCUT2D eigenvalue weighted by atomic mass is 19.1. The monoisotopic (exact) mass is 316 g/mol. The van der Waals surface area contributed by atoms with Crippen molar-refractivity contribution in [1.29, 1.82) is 0 Å². The number of rotatable bonds is 2. The second-order valence-corrected chi connectivity index (χ2v) is 5.77. The fourth-order valence-corrected chi connectivity index (χ4v) is 2.94. The van der Waals surface area contributed by atoms with E-state index in [2.05, 4.69) is 5.32 Å². The summed E-state index contributed by atoms with van der Waals surface area (Å²) in [5, 5.41) is 2.70. The van der Waals surface area contributed by atoms with Gasteiger partial charge >= 0.3 is 6.03 Å². The van der Waals surface area contributed by atoms with Crippen LogP contribution in [-0.4, -0.2) is 17.5 Å². The molecule has 23 heavy (non-hydrogen) atoms. The number of nitrogens with zero attached hydrogens (tertiary/aromatic N) is 1. The molecule has 1 aliphatic heterocycles. The first kappa shape index (κ1) is 15.5. The van der Waals surface area contributed by atoms with Crippen LogP contribution in [0.4, 0.5) is 19.3 Å². The quantitative estimate of drug-likeness (QED) is 0.860. The maximum absolute atomic E-state index is 14.0. The third kappa shape index (κ3) is 3.18. The first-order valence-corrected chi connectivity index (χ1v) is 7.64. The number of urea groups is 1. The van der Waals surface area contributed by atoms with Crippen LogP contribution in [0.1, 0.15) is 30.0 Å². The van der Waals surface area contributed by atoms with Gasteiger partial charge in [0.1, 0.15) is 11.6 Å². The van der Waals surface area contributed by atoms with Gasteiger partial charge < -0.3 is 10.2 Å². The Labute approximate surface area is 133 Å². The van der Waals surface area contributed by atoms with Crippen LogP contribution in [0.25, 0.3) is 0 Å². The molecule has 2 aromatic rings. The minimum absolute atomic E-state index is 0.286. The molecule has 3 nitrogen and oxygen atoms in total. The smallest absolute Gasteiger partial charge is 0.317 e. The van der Waals surface area contributed by atoms with E-state index in [1.54, 1.807) is 42.2 Å². The average Bonchev–Trinajstić information content (AvgIpc) is 3.01. The van der Waals surface area contributed by atoms with Gasteiger partial charge in [-0.15, -0.1) is 0 Å². The largest absolute Gasteiger partial charge is 0.322 e. The summed E-state index contributed by atoms with van der Waals surface area (Å²) >= 11 is 0. The maximum atomic E-state index is 14.0. The molecule has 0 spiro atoms. The molecule has 0 aromatic heterocycles. The Kier molecular flexibility index (Phi) is 4.28. The van der Waals surface area contributed by atoms with Crippen LogP contribution in [0.3, 0.4) is 0 Å². The topological polar surface area (TPSA) is 32.3 Å². The molecule has 120 valence electrons. The van der Waals surface area contributed by atoms with Gasteiger partial charge in [-0.3, -0.25) is 0 Å². The number of benzene rings is 2. The number of nitrogens with one attached hydrogen (secondary N) is 1. The van der Waals surface area contributed by atoms with Crippen LogP contribution in [-0.2, 0) is 0 Å². The van der Waals surface area contributed by atoms with Crippen molar-refractivity contribution >= 4 is 11.7 Å². The molecule has 1 heterocycles. The van der Waals surface area contributed by atoms with Gasteiger partial charge in [0.2, 0.25) is 0 Å². The van der Waals surface area contributed by atoms with E-state index >= 15 is 0 Å². The minimum atomic E-state index is -0.366. The van der Waals surface area contributed by atoms with Gasteiger partial charge in [0, 0.05) is 17.8 Å². The highest BCUT2D eigenvalue weighted by molar-refractivity contribution is 5.89. The molecule has 1 N–H and O–H groups in total. The molecule has 2 aromatic carbocycles. The maximum Gasteiger partial charge on any atom is 0.322 e. The van der Waals surface area contributed by atoms with E-state index in [4.69, 9.17) is 0 Å². The van der Waals surface area contributed by atoms with E-state index < -0.39 is 0 Å². The van der Waals surface area contributed by atoms with Crippen molar-refractivity contribution in [3.8, 4) is 0 Å². The molecule has 0 bridgehead atoms. The van der Waals surface area contributed by atoms with E-state index in [1.165, 1.54) is 12.1 Å². The molecular weight excluding hydrogens is 298 g/mol. The molecule has 5 heteroatoms. The number of amides is 2. The third-order valence-corrected chi connectivity index (χ3v) is 4.20. The molecule has 1 unspecified atom stereocenters. The third-order valence-electron chi connectivity index (χ3n) is 4.20. The van der Waals surface area contributed by atoms with Crippen molar-refractivity contribution in [2.45, 2.75) is 25.8 Å². The predicted molar refractivity (Wildman–Crippen MR) is 85.2 cm³/mol. The molecule has 1 atom stereocenters. The Balaban J connectivity index is 1.78. The summed E-state index contributed by atoms with van der Waals surface area (Å²) in [7, 11) is 0. The van der Waals surface area contributed by atoms with E-state index in [1.807, 2.05) is 0 Å². The summed E-state index contributed by atoms with van der Waals surface area (Å²) in [6, 6.07) is 10.5. The summed E-state index contributed by atoms with van der Waals surface area (Å²) in [5.74, 6) is -0.673. The van der Waals surface area contributed by atoms with Crippen molar-refractivity contribution in [3.63, 3.8) is 0 Å². The zero-order valence-electron chi connectivity index (χ0n) is 12.9. The Hall–Kier alpha value is -2.43. The van der Waals surface area contributed by atoms with Crippen LogP contribution in [0.2, 0.25) is 0 Å². The number of hydrogen-bond donors (Lipinski definition) is 1. The van der Waals surface area contributed by atoms with Gasteiger partial charge in [-0.2, -0.15) is 0 Å². The first-order valence-electron chi connectivity index (χ1n) is 7.64. The highest BCUT2D eigenvalue weighted by Gasteiger charge is 2.31. The van der Waals surface area contributed by atoms with Crippen LogP contribution >= 0.6 is 0 Å². The highest BCUT2D eigenvalue weighted by Crippen LogP contribution is 2.33. The van der Waals surface area contributed by atoms with E-state index in [0.29, 0.717) is 23.4 Å². The standard InChI is InChI=1S/C18H18F2N2O/c1-12-8-9-13(11-16(12)20)21-18(23)22-10-4-7-17(22)14-5-2-3-6-15(14)19/h2-3,5-6,8-9,11,17H,4,7,10H2,1H3,(H,21,23). The van der Waals surface area contributed by atoms with Crippen molar-refractivity contribution in [3.05, 3.63) is 65.2 Å². The van der Waals surface area contributed by atoms with Crippen molar-refractivity contribution in [2.24, 2.45) is 0 Å². The second-order valence-electron chi connectivity index (χ2n) is 5.77. The van der Waals surface area contributed by atoms with Crippen molar-refractivity contribution in [2.75, 3.05) is 11.9 Å². The van der Waals surface area contributed by atoms with Crippen LogP contribution < -0.4 is 5.32 Å². The molecule has 1 saturated heterocycles. The van der Waals surface area contributed by atoms with Gasteiger partial charge in [0.15, 0.2) is 0 Å². The number of anilines is 1. The van der Waals surface area contributed by atoms with Gasteiger partial charge in [0.25, 0.3) is 0 Å². The number of carbonyl (C=O) groups excluding carboxylic acids is 1. The summed E-state index contributed by atoms with van der Waals surface area (Å²) in [6.07, 6.45) is 1.53. The SMILES string of the molecule is Cc1ccc(NC(=O)N2CCCC2c2ccccc2F)cc1F. The molecule has 1 fully saturated rings. The van der Waals surface area contributed by atoms with Gasteiger partial charge in [-0.1, -0.05) is 24.3 Å². The fourth-order valence-electron chi connectivity index (χ4n) is 2.94. The number of likely N-dealkylation sites (tertiary alicyclic amines) is 1. The number of halogens is 2. The van der Waals surface area contributed by atoms with Crippen LogP contribution in [0, 0.1) is 18.6 Å². The zero-order chi connectivity index (χ0) is 16.4. The summed E-state index contributed by atoms with van der Waals surface area (Å²) in [6.45, 7) is 2.22. The Morgan fingerprint density at radius 1 is 1.17 bits per heavy atom. The summed E-state index contributed by atoms with van der Waals surface area (Å²) in [5.41, 5.74) is 1.45. The lowest BCUT2D eigenvalue weighted by Crippen LogP contribution is -2.34. The van der Waals surface area contributed by atoms with Gasteiger partial charge in [0.05, 0.1) is 6.04 Å². The van der Waals surface area contributed by atoms with Crippen LogP contribution in [0.15, 0.2) is 42.5 Å². The van der Waals surface area contributed by atoms with Crippen molar-refractivity contribution < 1.29 is 13.6 Å². The van der Waals surface area contributed by atoms with E-state index in [-0.39, 0.29) is 23.7 Å². The minimum Gasteiger partial charge on any atom is -0.317 e. The molecule has 0 saturated carbocycles.